The van der Waals surface area contributed by atoms with Gasteiger partial charge in [-0.3, -0.25) is 14.1 Å². The van der Waals surface area contributed by atoms with Crippen LogP contribution in [-0.4, -0.2) is 43.1 Å². The lowest BCUT2D eigenvalue weighted by Gasteiger charge is -2.30. The summed E-state index contributed by atoms with van der Waals surface area (Å²) < 4.78 is 48.9. The third kappa shape index (κ3) is 3.91. The molecule has 2 bridgehead atoms. The van der Waals surface area contributed by atoms with E-state index in [9.17, 15) is 22.8 Å². The predicted molar refractivity (Wildman–Crippen MR) is 119 cm³/mol. The highest BCUT2D eigenvalue weighted by atomic mass is 127. The fourth-order valence-corrected chi connectivity index (χ4v) is 6.16. The van der Waals surface area contributed by atoms with Crippen LogP contribution in [0.5, 0.6) is 5.75 Å². The summed E-state index contributed by atoms with van der Waals surface area (Å²) in [5, 5.41) is 0. The third-order valence-corrected chi connectivity index (χ3v) is 8.00. The Balaban J connectivity index is 1.35. The third-order valence-electron chi connectivity index (χ3n) is 6.46. The van der Waals surface area contributed by atoms with Crippen LogP contribution in [0.1, 0.15) is 16.8 Å². The highest BCUT2D eigenvalue weighted by Crippen LogP contribution is 2.59. The molecule has 2 aliphatic carbocycles. The van der Waals surface area contributed by atoms with Gasteiger partial charge in [-0.25, -0.2) is 4.79 Å². The number of hydrogen-bond donors (Lipinski definition) is 1. The lowest BCUT2D eigenvalue weighted by Crippen LogP contribution is -2.44. The lowest BCUT2D eigenvalue weighted by atomic mass is 9.78. The number of rotatable bonds is 5. The molecule has 6 unspecified atom stereocenters. The van der Waals surface area contributed by atoms with Crippen molar-refractivity contribution in [3.05, 3.63) is 57.7 Å². The van der Waals surface area contributed by atoms with Gasteiger partial charge in [0.05, 0.1) is 22.3 Å². The first-order valence-electron chi connectivity index (χ1n) is 10.1. The molecule has 3 aliphatic rings. The summed E-state index contributed by atoms with van der Waals surface area (Å²) in [6.45, 7) is 0. The van der Waals surface area contributed by atoms with Crippen molar-refractivity contribution in [2.45, 2.75) is 23.5 Å². The minimum absolute atomic E-state index is 0.0606. The molecule has 0 radical (unpaired) electrons. The number of esters is 3. The van der Waals surface area contributed by atoms with Gasteiger partial charge in [0, 0.05) is 15.4 Å². The Labute approximate surface area is 202 Å². The van der Waals surface area contributed by atoms with Crippen LogP contribution < -0.4 is 4.74 Å². The number of halogens is 1. The van der Waals surface area contributed by atoms with Crippen molar-refractivity contribution in [2.24, 2.45) is 23.7 Å². The minimum Gasteiger partial charge on any atom is -0.458 e. The molecule has 0 amide bonds. The Morgan fingerprint density at radius 2 is 1.82 bits per heavy atom. The molecule has 1 heterocycles. The molecule has 1 saturated heterocycles. The second-order valence-electron chi connectivity index (χ2n) is 8.26. The SMILES string of the molecule is O=C(OC1C2CC3C1OC(=O)C3C2C(=O)Oc1ccc(S(=O)(=O)O)cc1)c1cccc(I)c1. The summed E-state index contributed by atoms with van der Waals surface area (Å²) in [6.07, 6.45) is -0.854. The first kappa shape index (κ1) is 22.3. The average Bonchev–Trinajstić information content (AvgIpc) is 3.37. The highest BCUT2D eigenvalue weighted by molar-refractivity contribution is 14.1. The largest absolute Gasteiger partial charge is 0.458 e. The van der Waals surface area contributed by atoms with Gasteiger partial charge in [0.1, 0.15) is 18.0 Å². The maximum Gasteiger partial charge on any atom is 0.338 e. The van der Waals surface area contributed by atoms with Crippen molar-refractivity contribution in [3.63, 3.8) is 0 Å². The van der Waals surface area contributed by atoms with Gasteiger partial charge in [0.25, 0.3) is 10.1 Å². The normalized spacial score (nSPS) is 29.6. The van der Waals surface area contributed by atoms with Gasteiger partial charge in [0.2, 0.25) is 0 Å². The summed E-state index contributed by atoms with van der Waals surface area (Å²) in [7, 11) is -4.38. The quantitative estimate of drug-likeness (QED) is 0.244. The van der Waals surface area contributed by atoms with E-state index in [2.05, 4.69) is 22.6 Å². The van der Waals surface area contributed by atoms with E-state index in [0.717, 1.165) is 15.7 Å². The zero-order valence-electron chi connectivity index (χ0n) is 16.8. The number of benzene rings is 2. The molecule has 33 heavy (non-hydrogen) atoms. The van der Waals surface area contributed by atoms with E-state index >= 15 is 0 Å². The Morgan fingerprint density at radius 3 is 2.48 bits per heavy atom. The molecule has 0 spiro atoms. The van der Waals surface area contributed by atoms with Crippen LogP contribution >= 0.6 is 22.6 Å². The summed E-state index contributed by atoms with van der Waals surface area (Å²) >= 11 is 2.09. The van der Waals surface area contributed by atoms with Gasteiger partial charge in [-0.1, -0.05) is 6.07 Å². The second-order valence-corrected chi connectivity index (χ2v) is 10.9. The second kappa shape index (κ2) is 8.06. The van der Waals surface area contributed by atoms with Crippen LogP contribution in [0, 0.1) is 27.2 Å². The van der Waals surface area contributed by atoms with Crippen molar-refractivity contribution in [1.29, 1.82) is 0 Å². The highest BCUT2D eigenvalue weighted by Gasteiger charge is 2.70. The van der Waals surface area contributed by atoms with E-state index in [-0.39, 0.29) is 16.6 Å². The first-order valence-corrected chi connectivity index (χ1v) is 12.6. The summed E-state index contributed by atoms with van der Waals surface area (Å²) in [6, 6.07) is 11.6. The van der Waals surface area contributed by atoms with Gasteiger partial charge >= 0.3 is 17.9 Å². The van der Waals surface area contributed by atoms with Gasteiger partial charge in [-0.05, 0) is 71.5 Å². The van der Waals surface area contributed by atoms with Gasteiger partial charge in [-0.2, -0.15) is 8.42 Å². The van der Waals surface area contributed by atoms with E-state index in [1.54, 1.807) is 18.2 Å². The average molecular weight is 584 g/mol. The number of fused-ring (bicyclic) bond motifs is 1. The van der Waals surface area contributed by atoms with Crippen molar-refractivity contribution >= 4 is 50.6 Å². The number of carbonyl (C=O) groups excluding carboxylic acids is 3. The van der Waals surface area contributed by atoms with Crippen molar-refractivity contribution in [3.8, 4) is 5.75 Å². The van der Waals surface area contributed by atoms with Crippen molar-refractivity contribution < 1.29 is 41.6 Å². The zero-order chi connectivity index (χ0) is 23.5. The van der Waals surface area contributed by atoms with Crippen molar-refractivity contribution in [1.82, 2.24) is 0 Å². The lowest BCUT2D eigenvalue weighted by molar-refractivity contribution is -0.149. The molecule has 2 aromatic rings. The smallest absolute Gasteiger partial charge is 0.338 e. The summed E-state index contributed by atoms with van der Waals surface area (Å²) in [5.74, 6) is -3.88. The fourth-order valence-electron chi connectivity index (χ4n) is 5.14. The molecule has 6 atom stereocenters. The standard InChI is InChI=1S/C22H17IO9S/c23-11-3-1-2-10(8-11)20(24)31-18-14-9-15-17(22(26)32-19(15)18)16(14)21(25)30-12-4-6-13(7-5-12)33(27,28)29/h1-8,14-19H,9H2,(H,27,28,29). The Hall–Kier alpha value is -2.51. The molecule has 1 N–H and O–H groups in total. The monoisotopic (exact) mass is 584 g/mol. The molecule has 3 fully saturated rings. The molecule has 0 aromatic heterocycles. The van der Waals surface area contributed by atoms with Crippen LogP contribution in [-0.2, 0) is 29.2 Å². The van der Waals surface area contributed by atoms with E-state index in [4.69, 9.17) is 18.8 Å². The Bertz CT molecular complexity index is 1260. The summed E-state index contributed by atoms with van der Waals surface area (Å²) in [4.78, 5) is 37.9. The van der Waals surface area contributed by atoms with Gasteiger partial charge in [0.15, 0.2) is 0 Å². The number of hydrogen-bond acceptors (Lipinski definition) is 8. The number of ether oxygens (including phenoxy) is 3. The Kier molecular flexibility index (Phi) is 5.45. The molecule has 1 aliphatic heterocycles. The molecule has 11 heteroatoms. The van der Waals surface area contributed by atoms with Crippen LogP contribution in [0.2, 0.25) is 0 Å². The van der Waals surface area contributed by atoms with E-state index in [1.807, 2.05) is 6.07 Å². The van der Waals surface area contributed by atoms with Crippen LogP contribution in [0.25, 0.3) is 0 Å². The van der Waals surface area contributed by atoms with Crippen molar-refractivity contribution in [2.75, 3.05) is 0 Å². The molecule has 172 valence electrons. The van der Waals surface area contributed by atoms with E-state index in [1.165, 1.54) is 12.1 Å². The van der Waals surface area contributed by atoms with E-state index < -0.39 is 58.0 Å². The fraction of sp³-hybridized carbons (Fsp3) is 0.318. The molecule has 2 aromatic carbocycles. The molecule has 5 rings (SSSR count). The summed E-state index contributed by atoms with van der Waals surface area (Å²) in [5.41, 5.74) is 0.364. The Morgan fingerprint density at radius 1 is 1.09 bits per heavy atom. The number of carbonyl (C=O) groups is 3. The zero-order valence-corrected chi connectivity index (χ0v) is 19.8. The van der Waals surface area contributed by atoms with Crippen LogP contribution in [0.4, 0.5) is 0 Å². The van der Waals surface area contributed by atoms with Crippen LogP contribution in [0.3, 0.4) is 0 Å². The maximum absolute atomic E-state index is 13.0. The van der Waals surface area contributed by atoms with Gasteiger partial charge in [-0.15, -0.1) is 0 Å². The van der Waals surface area contributed by atoms with Gasteiger partial charge < -0.3 is 14.2 Å². The maximum atomic E-state index is 13.0. The molecular weight excluding hydrogens is 567 g/mol. The predicted octanol–water partition coefficient (Wildman–Crippen LogP) is 2.48. The minimum atomic E-state index is -4.38. The molecule has 2 saturated carbocycles. The first-order chi connectivity index (χ1) is 15.6. The van der Waals surface area contributed by atoms with E-state index in [0.29, 0.717) is 12.0 Å². The molecule has 9 nitrogen and oxygen atoms in total. The topological polar surface area (TPSA) is 133 Å². The van der Waals surface area contributed by atoms with Crippen LogP contribution in [0.15, 0.2) is 53.4 Å². The molecular formula is C22H17IO9S.